The largest absolute Gasteiger partial charge is 0.340 e. The quantitative estimate of drug-likeness (QED) is 0.727. The zero-order valence-electron chi connectivity index (χ0n) is 14.3. The summed E-state index contributed by atoms with van der Waals surface area (Å²) in [6.07, 6.45) is 5.05. The van der Waals surface area contributed by atoms with Gasteiger partial charge in [0.2, 0.25) is 5.91 Å². The van der Waals surface area contributed by atoms with E-state index in [2.05, 4.69) is 27.5 Å². The fourth-order valence-electron chi connectivity index (χ4n) is 3.38. The van der Waals surface area contributed by atoms with Crippen molar-refractivity contribution < 1.29 is 4.79 Å². The SMILES string of the molecule is CC(=O)Nc1cccc(Nc2ncnc3sc4c(c23)CCC(C)C4)c1. The number of amides is 1. The highest BCUT2D eigenvalue weighted by Crippen LogP contribution is 2.40. The molecule has 0 fully saturated rings. The Bertz CT molecular complexity index is 950. The third-order valence-electron chi connectivity index (χ3n) is 4.54. The molecule has 2 N–H and O–H groups in total. The van der Waals surface area contributed by atoms with E-state index < -0.39 is 0 Å². The monoisotopic (exact) mass is 352 g/mol. The third-order valence-corrected chi connectivity index (χ3v) is 5.70. The molecule has 1 aromatic carbocycles. The molecule has 25 heavy (non-hydrogen) atoms. The second kappa shape index (κ2) is 6.44. The molecule has 1 amide bonds. The minimum absolute atomic E-state index is 0.0809. The van der Waals surface area contributed by atoms with E-state index in [4.69, 9.17) is 0 Å². The van der Waals surface area contributed by atoms with Crippen LogP contribution in [0.2, 0.25) is 0 Å². The summed E-state index contributed by atoms with van der Waals surface area (Å²) in [6.45, 7) is 3.82. The lowest BCUT2D eigenvalue weighted by molar-refractivity contribution is -0.114. The smallest absolute Gasteiger partial charge is 0.221 e. The van der Waals surface area contributed by atoms with Crippen LogP contribution in [0.5, 0.6) is 0 Å². The average Bonchev–Trinajstić information content (AvgIpc) is 2.93. The van der Waals surface area contributed by atoms with E-state index in [9.17, 15) is 4.79 Å². The number of hydrogen-bond acceptors (Lipinski definition) is 5. The molecule has 0 radical (unpaired) electrons. The number of carbonyl (C=O) groups excluding carboxylic acids is 1. The lowest BCUT2D eigenvalue weighted by atomic mass is 9.89. The molecule has 2 heterocycles. The van der Waals surface area contributed by atoms with Crippen LogP contribution in [0, 0.1) is 5.92 Å². The minimum atomic E-state index is -0.0809. The number of benzene rings is 1. The molecular weight excluding hydrogens is 332 g/mol. The van der Waals surface area contributed by atoms with Crippen LogP contribution < -0.4 is 10.6 Å². The van der Waals surface area contributed by atoms with Crippen molar-refractivity contribution in [3.05, 3.63) is 41.0 Å². The zero-order chi connectivity index (χ0) is 17.4. The van der Waals surface area contributed by atoms with Crippen LogP contribution in [0.1, 0.15) is 30.7 Å². The van der Waals surface area contributed by atoms with Crippen LogP contribution in [-0.4, -0.2) is 15.9 Å². The highest BCUT2D eigenvalue weighted by atomic mass is 32.1. The number of nitrogens with one attached hydrogen (secondary N) is 2. The van der Waals surface area contributed by atoms with Gasteiger partial charge in [0.1, 0.15) is 17.0 Å². The lowest BCUT2D eigenvalue weighted by Gasteiger charge is -2.18. The van der Waals surface area contributed by atoms with Crippen LogP contribution >= 0.6 is 11.3 Å². The second-order valence-corrected chi connectivity index (χ2v) is 7.72. The first-order chi connectivity index (χ1) is 12.1. The Labute approximate surface area is 150 Å². The Balaban J connectivity index is 1.71. The van der Waals surface area contributed by atoms with Crippen molar-refractivity contribution in [1.29, 1.82) is 0 Å². The molecule has 0 spiro atoms. The molecule has 5 nitrogen and oxygen atoms in total. The van der Waals surface area contributed by atoms with E-state index in [1.165, 1.54) is 23.8 Å². The topological polar surface area (TPSA) is 66.9 Å². The first-order valence-electron chi connectivity index (χ1n) is 8.50. The van der Waals surface area contributed by atoms with Crippen LogP contribution in [0.4, 0.5) is 17.2 Å². The maximum atomic E-state index is 11.3. The molecule has 2 aromatic heterocycles. The van der Waals surface area contributed by atoms with Crippen molar-refractivity contribution in [2.45, 2.75) is 33.1 Å². The summed E-state index contributed by atoms with van der Waals surface area (Å²) in [4.78, 5) is 22.7. The van der Waals surface area contributed by atoms with Gasteiger partial charge in [0.15, 0.2) is 0 Å². The van der Waals surface area contributed by atoms with E-state index in [0.29, 0.717) is 0 Å². The fourth-order valence-corrected chi connectivity index (χ4v) is 4.73. The van der Waals surface area contributed by atoms with Gasteiger partial charge >= 0.3 is 0 Å². The molecule has 128 valence electrons. The molecule has 3 aromatic rings. The number of aryl methyl sites for hydroxylation is 1. The Hall–Kier alpha value is -2.47. The standard InChI is InChI=1S/C19H20N4OS/c1-11-6-7-15-16(8-11)25-19-17(15)18(20-10-21-19)23-14-5-3-4-13(9-14)22-12(2)24/h3-5,9-11H,6-8H2,1-2H3,(H,22,24)(H,20,21,23). The van der Waals surface area contributed by atoms with Crippen molar-refractivity contribution >= 4 is 44.7 Å². The summed E-state index contributed by atoms with van der Waals surface area (Å²) < 4.78 is 0. The predicted molar refractivity (Wildman–Crippen MR) is 103 cm³/mol. The van der Waals surface area contributed by atoms with Gasteiger partial charge < -0.3 is 10.6 Å². The van der Waals surface area contributed by atoms with Gasteiger partial charge in [-0.05, 0) is 48.9 Å². The number of rotatable bonds is 3. The molecule has 0 saturated heterocycles. The highest BCUT2D eigenvalue weighted by Gasteiger charge is 2.23. The van der Waals surface area contributed by atoms with Gasteiger partial charge in [0.05, 0.1) is 5.39 Å². The highest BCUT2D eigenvalue weighted by molar-refractivity contribution is 7.19. The number of carbonyl (C=O) groups is 1. The molecule has 0 aliphatic heterocycles. The Kier molecular flexibility index (Phi) is 4.13. The Morgan fingerprint density at radius 2 is 2.12 bits per heavy atom. The number of aromatic nitrogens is 2. The number of thiophene rings is 1. The normalized spacial score (nSPS) is 16.5. The van der Waals surface area contributed by atoms with E-state index in [1.54, 1.807) is 17.7 Å². The minimum Gasteiger partial charge on any atom is -0.340 e. The first kappa shape index (κ1) is 16.0. The van der Waals surface area contributed by atoms with Crippen LogP contribution in [0.15, 0.2) is 30.6 Å². The van der Waals surface area contributed by atoms with Crippen LogP contribution in [-0.2, 0) is 17.6 Å². The molecule has 0 bridgehead atoms. The van der Waals surface area contributed by atoms with Gasteiger partial charge in [-0.3, -0.25) is 4.79 Å². The molecule has 6 heteroatoms. The van der Waals surface area contributed by atoms with E-state index in [1.807, 2.05) is 24.3 Å². The zero-order valence-corrected chi connectivity index (χ0v) is 15.1. The predicted octanol–water partition coefficient (Wildman–Crippen LogP) is 4.52. The molecule has 1 aliphatic rings. The van der Waals surface area contributed by atoms with Crippen molar-refractivity contribution in [3.8, 4) is 0 Å². The summed E-state index contributed by atoms with van der Waals surface area (Å²) in [5.74, 6) is 1.50. The summed E-state index contributed by atoms with van der Waals surface area (Å²) in [5, 5.41) is 7.37. The number of anilines is 3. The average molecular weight is 352 g/mol. The van der Waals surface area contributed by atoms with Gasteiger partial charge in [0.25, 0.3) is 0 Å². The van der Waals surface area contributed by atoms with Crippen LogP contribution in [0.25, 0.3) is 10.2 Å². The third kappa shape index (κ3) is 3.22. The van der Waals surface area contributed by atoms with Crippen molar-refractivity contribution in [3.63, 3.8) is 0 Å². The fraction of sp³-hybridized carbons (Fsp3) is 0.316. The van der Waals surface area contributed by atoms with Gasteiger partial charge in [-0.2, -0.15) is 0 Å². The van der Waals surface area contributed by atoms with Gasteiger partial charge in [0, 0.05) is 23.2 Å². The van der Waals surface area contributed by atoms with E-state index in [-0.39, 0.29) is 5.91 Å². The van der Waals surface area contributed by atoms with E-state index in [0.717, 1.165) is 46.2 Å². The summed E-state index contributed by atoms with van der Waals surface area (Å²) >= 11 is 1.79. The molecule has 1 aliphatic carbocycles. The van der Waals surface area contributed by atoms with Gasteiger partial charge in [-0.15, -0.1) is 11.3 Å². The molecule has 1 unspecified atom stereocenters. The lowest BCUT2D eigenvalue weighted by Crippen LogP contribution is -2.09. The Morgan fingerprint density at radius 3 is 2.96 bits per heavy atom. The summed E-state index contributed by atoms with van der Waals surface area (Å²) in [6, 6.07) is 7.67. The van der Waals surface area contributed by atoms with Crippen LogP contribution in [0.3, 0.4) is 0 Å². The summed E-state index contributed by atoms with van der Waals surface area (Å²) in [7, 11) is 0. The Morgan fingerprint density at radius 1 is 1.28 bits per heavy atom. The summed E-state index contributed by atoms with van der Waals surface area (Å²) in [5.41, 5.74) is 3.07. The first-order valence-corrected chi connectivity index (χ1v) is 9.31. The van der Waals surface area contributed by atoms with Crippen molar-refractivity contribution in [2.24, 2.45) is 5.92 Å². The van der Waals surface area contributed by atoms with Crippen molar-refractivity contribution in [2.75, 3.05) is 10.6 Å². The van der Waals surface area contributed by atoms with Gasteiger partial charge in [-0.1, -0.05) is 13.0 Å². The molecule has 0 saturated carbocycles. The van der Waals surface area contributed by atoms with Crippen molar-refractivity contribution in [1.82, 2.24) is 9.97 Å². The maximum Gasteiger partial charge on any atom is 0.221 e. The maximum absolute atomic E-state index is 11.3. The number of hydrogen-bond donors (Lipinski definition) is 2. The number of nitrogens with zero attached hydrogens (tertiary/aromatic N) is 2. The molecule has 4 rings (SSSR count). The molecular formula is C19H20N4OS. The molecule has 1 atom stereocenters. The van der Waals surface area contributed by atoms with Gasteiger partial charge in [-0.25, -0.2) is 9.97 Å². The number of fused-ring (bicyclic) bond motifs is 3. The second-order valence-electron chi connectivity index (χ2n) is 6.64. The van der Waals surface area contributed by atoms with E-state index >= 15 is 0 Å².